The zero-order valence-electron chi connectivity index (χ0n) is 10.4. The number of hydrogen-bond donors (Lipinski definition) is 1. The predicted molar refractivity (Wildman–Crippen MR) is 73.9 cm³/mol. The smallest absolute Gasteiger partial charge is 0.0702 e. The summed E-state index contributed by atoms with van der Waals surface area (Å²) in [5.41, 5.74) is 3.63. The standard InChI is InChI=1S/C15H18N2/c1-3-16-11-12(2)9-13-6-7-15-14(10-13)5-4-8-17-15/h4-10,16H,3,11H2,1-2H3. The Bertz CT molecular complexity index is 529. The molecule has 1 aromatic heterocycles. The Morgan fingerprint density at radius 3 is 3.06 bits per heavy atom. The Morgan fingerprint density at radius 1 is 1.35 bits per heavy atom. The second kappa shape index (κ2) is 5.60. The molecule has 0 fully saturated rings. The molecule has 0 aliphatic carbocycles. The van der Waals surface area contributed by atoms with Gasteiger partial charge in [0.15, 0.2) is 0 Å². The first-order valence-electron chi connectivity index (χ1n) is 6.02. The zero-order valence-corrected chi connectivity index (χ0v) is 10.4. The summed E-state index contributed by atoms with van der Waals surface area (Å²) in [6.07, 6.45) is 4.05. The van der Waals surface area contributed by atoms with Crippen LogP contribution >= 0.6 is 0 Å². The van der Waals surface area contributed by atoms with Crippen LogP contribution < -0.4 is 5.32 Å². The summed E-state index contributed by atoms with van der Waals surface area (Å²) in [5, 5.41) is 4.52. The number of nitrogens with zero attached hydrogens (tertiary/aromatic N) is 1. The first kappa shape index (κ1) is 11.8. The van der Waals surface area contributed by atoms with Crippen molar-refractivity contribution in [2.24, 2.45) is 0 Å². The normalized spacial score (nSPS) is 12.0. The molecule has 0 spiro atoms. The number of nitrogens with one attached hydrogen (secondary N) is 1. The summed E-state index contributed by atoms with van der Waals surface area (Å²) in [6.45, 7) is 6.22. The lowest BCUT2D eigenvalue weighted by atomic mass is 10.1. The topological polar surface area (TPSA) is 24.9 Å². The molecule has 1 aromatic carbocycles. The maximum absolute atomic E-state index is 4.32. The molecular formula is C15H18N2. The van der Waals surface area contributed by atoms with Crippen LogP contribution in [-0.2, 0) is 0 Å². The van der Waals surface area contributed by atoms with Crippen LogP contribution in [0.15, 0.2) is 42.1 Å². The van der Waals surface area contributed by atoms with Crippen molar-refractivity contribution in [1.82, 2.24) is 10.3 Å². The molecule has 0 unspecified atom stereocenters. The van der Waals surface area contributed by atoms with Crippen molar-refractivity contribution in [3.05, 3.63) is 47.7 Å². The second-order valence-electron chi connectivity index (χ2n) is 4.23. The van der Waals surface area contributed by atoms with E-state index in [0.29, 0.717) is 0 Å². The van der Waals surface area contributed by atoms with Gasteiger partial charge in [-0.1, -0.05) is 30.7 Å². The van der Waals surface area contributed by atoms with Crippen LogP contribution in [0.5, 0.6) is 0 Å². The Labute approximate surface area is 102 Å². The fraction of sp³-hybridized carbons (Fsp3) is 0.267. The molecule has 0 saturated heterocycles. The third-order valence-electron chi connectivity index (χ3n) is 2.69. The lowest BCUT2D eigenvalue weighted by Gasteiger charge is -2.03. The molecule has 2 rings (SSSR count). The van der Waals surface area contributed by atoms with E-state index in [9.17, 15) is 0 Å². The summed E-state index contributed by atoms with van der Waals surface area (Å²) in [4.78, 5) is 4.32. The predicted octanol–water partition coefficient (Wildman–Crippen LogP) is 3.25. The van der Waals surface area contributed by atoms with Crippen molar-refractivity contribution < 1.29 is 0 Å². The molecule has 2 heteroatoms. The van der Waals surface area contributed by atoms with E-state index in [1.54, 1.807) is 0 Å². The molecule has 0 amide bonds. The molecule has 0 aliphatic heterocycles. The molecule has 0 bridgehead atoms. The van der Waals surface area contributed by atoms with E-state index in [4.69, 9.17) is 0 Å². The number of fused-ring (bicyclic) bond motifs is 1. The van der Waals surface area contributed by atoms with E-state index >= 15 is 0 Å². The van der Waals surface area contributed by atoms with Gasteiger partial charge in [-0.05, 0) is 37.2 Å². The molecule has 0 radical (unpaired) electrons. The minimum Gasteiger partial charge on any atom is -0.313 e. The number of benzene rings is 1. The highest BCUT2D eigenvalue weighted by molar-refractivity contribution is 5.81. The maximum atomic E-state index is 4.32. The van der Waals surface area contributed by atoms with Crippen molar-refractivity contribution in [2.45, 2.75) is 13.8 Å². The molecule has 1 heterocycles. The summed E-state index contributed by atoms with van der Waals surface area (Å²) in [5.74, 6) is 0. The van der Waals surface area contributed by atoms with Crippen molar-refractivity contribution >= 4 is 17.0 Å². The lowest BCUT2D eigenvalue weighted by Crippen LogP contribution is -2.14. The fourth-order valence-electron chi connectivity index (χ4n) is 1.84. The van der Waals surface area contributed by atoms with E-state index in [1.807, 2.05) is 12.3 Å². The van der Waals surface area contributed by atoms with Gasteiger partial charge >= 0.3 is 0 Å². The number of likely N-dealkylation sites (N-methyl/N-ethyl adjacent to an activating group) is 1. The van der Waals surface area contributed by atoms with Crippen LogP contribution in [0.4, 0.5) is 0 Å². The zero-order chi connectivity index (χ0) is 12.1. The highest BCUT2D eigenvalue weighted by atomic mass is 14.8. The van der Waals surface area contributed by atoms with Crippen molar-refractivity contribution in [3.63, 3.8) is 0 Å². The molecule has 0 aliphatic rings. The summed E-state index contributed by atoms with van der Waals surface area (Å²) in [6, 6.07) is 10.4. The average Bonchev–Trinajstić information content (AvgIpc) is 2.36. The Hall–Kier alpha value is -1.67. The molecule has 88 valence electrons. The van der Waals surface area contributed by atoms with Gasteiger partial charge in [0.1, 0.15) is 0 Å². The van der Waals surface area contributed by atoms with Crippen LogP contribution in [-0.4, -0.2) is 18.1 Å². The van der Waals surface area contributed by atoms with E-state index in [-0.39, 0.29) is 0 Å². The first-order valence-corrected chi connectivity index (χ1v) is 6.02. The molecule has 2 aromatic rings. The fourth-order valence-corrected chi connectivity index (χ4v) is 1.84. The SMILES string of the molecule is CCNCC(C)=Cc1ccc2ncccc2c1. The number of rotatable bonds is 4. The average molecular weight is 226 g/mol. The Kier molecular flexibility index (Phi) is 3.89. The molecule has 2 nitrogen and oxygen atoms in total. The third-order valence-corrected chi connectivity index (χ3v) is 2.69. The van der Waals surface area contributed by atoms with Crippen molar-refractivity contribution in [2.75, 3.05) is 13.1 Å². The van der Waals surface area contributed by atoms with Crippen LogP contribution in [0, 0.1) is 0 Å². The van der Waals surface area contributed by atoms with Gasteiger partial charge in [0.05, 0.1) is 5.52 Å². The Balaban J connectivity index is 2.24. The van der Waals surface area contributed by atoms with Crippen LogP contribution in [0.1, 0.15) is 19.4 Å². The summed E-state index contributed by atoms with van der Waals surface area (Å²) in [7, 11) is 0. The van der Waals surface area contributed by atoms with E-state index < -0.39 is 0 Å². The van der Waals surface area contributed by atoms with Gasteiger partial charge in [-0.3, -0.25) is 4.98 Å². The van der Waals surface area contributed by atoms with Gasteiger partial charge < -0.3 is 5.32 Å². The quantitative estimate of drug-likeness (QED) is 0.865. The van der Waals surface area contributed by atoms with Crippen LogP contribution in [0.2, 0.25) is 0 Å². The van der Waals surface area contributed by atoms with Gasteiger partial charge in [0, 0.05) is 18.1 Å². The largest absolute Gasteiger partial charge is 0.313 e. The number of pyridine rings is 1. The number of hydrogen-bond acceptors (Lipinski definition) is 2. The molecule has 1 N–H and O–H groups in total. The molecule has 0 atom stereocenters. The van der Waals surface area contributed by atoms with Gasteiger partial charge in [-0.2, -0.15) is 0 Å². The van der Waals surface area contributed by atoms with Gasteiger partial charge in [0.25, 0.3) is 0 Å². The van der Waals surface area contributed by atoms with E-state index in [2.05, 4.69) is 54.5 Å². The molecule has 0 saturated carbocycles. The maximum Gasteiger partial charge on any atom is 0.0702 e. The van der Waals surface area contributed by atoms with Crippen molar-refractivity contribution in [3.8, 4) is 0 Å². The van der Waals surface area contributed by atoms with Crippen LogP contribution in [0.3, 0.4) is 0 Å². The second-order valence-corrected chi connectivity index (χ2v) is 4.23. The highest BCUT2D eigenvalue weighted by Crippen LogP contribution is 2.15. The van der Waals surface area contributed by atoms with Gasteiger partial charge in [0.2, 0.25) is 0 Å². The first-order chi connectivity index (χ1) is 8.29. The Morgan fingerprint density at radius 2 is 2.24 bits per heavy atom. The summed E-state index contributed by atoms with van der Waals surface area (Å²) >= 11 is 0. The van der Waals surface area contributed by atoms with Crippen molar-refractivity contribution in [1.29, 1.82) is 0 Å². The van der Waals surface area contributed by atoms with E-state index in [0.717, 1.165) is 18.6 Å². The summed E-state index contributed by atoms with van der Waals surface area (Å²) < 4.78 is 0. The van der Waals surface area contributed by atoms with Gasteiger partial charge in [-0.25, -0.2) is 0 Å². The molecule has 17 heavy (non-hydrogen) atoms. The minimum atomic E-state index is 0.946. The highest BCUT2D eigenvalue weighted by Gasteiger charge is 1.95. The van der Waals surface area contributed by atoms with Crippen LogP contribution in [0.25, 0.3) is 17.0 Å². The lowest BCUT2D eigenvalue weighted by molar-refractivity contribution is 0.779. The molecular weight excluding hydrogens is 208 g/mol. The minimum absolute atomic E-state index is 0.946. The monoisotopic (exact) mass is 226 g/mol. The third kappa shape index (κ3) is 3.14. The van der Waals surface area contributed by atoms with E-state index in [1.165, 1.54) is 16.5 Å². The van der Waals surface area contributed by atoms with Gasteiger partial charge in [-0.15, -0.1) is 0 Å². The number of aromatic nitrogens is 1.